The van der Waals surface area contributed by atoms with Gasteiger partial charge in [-0.1, -0.05) is 60.7 Å². The van der Waals surface area contributed by atoms with Gasteiger partial charge in [0.25, 0.3) is 0 Å². The van der Waals surface area contributed by atoms with Crippen LogP contribution in [0.3, 0.4) is 0 Å². The van der Waals surface area contributed by atoms with Crippen molar-refractivity contribution < 1.29 is 14.1 Å². The topological polar surface area (TPSA) is 83.2 Å². The summed E-state index contributed by atoms with van der Waals surface area (Å²) in [5, 5.41) is 21.2. The monoisotopic (exact) mass is 514 g/mol. The van der Waals surface area contributed by atoms with Gasteiger partial charge >= 0.3 is 0 Å². The molecule has 4 rings (SSSR count). The van der Waals surface area contributed by atoms with Crippen LogP contribution in [0.25, 0.3) is 22.4 Å². The third kappa shape index (κ3) is 6.61. The summed E-state index contributed by atoms with van der Waals surface area (Å²) in [7, 11) is 0.422. The Morgan fingerprint density at radius 1 is 1.00 bits per heavy atom. The molecule has 0 bridgehead atoms. The lowest BCUT2D eigenvalue weighted by Gasteiger charge is -2.14. The van der Waals surface area contributed by atoms with Crippen LogP contribution in [0, 0.1) is 11.3 Å². The normalized spacial score (nSPS) is 12.5. The molecule has 0 aliphatic heterocycles. The number of hydrogen-bond acceptors (Lipinski definition) is 6. The smallest absolute Gasteiger partial charge is 0.118 e. The lowest BCUT2D eigenvalue weighted by Crippen LogP contribution is -2.20. The van der Waals surface area contributed by atoms with Crippen molar-refractivity contribution in [1.82, 2.24) is 4.98 Å². The Morgan fingerprint density at radius 2 is 1.67 bits per heavy atom. The average Bonchev–Trinajstić information content (AvgIpc) is 2.92. The quantitative estimate of drug-likeness (QED) is 0.274. The van der Waals surface area contributed by atoms with E-state index in [1.54, 1.807) is 7.11 Å². The van der Waals surface area contributed by atoms with Crippen LogP contribution in [0.5, 0.6) is 5.75 Å². The van der Waals surface area contributed by atoms with Gasteiger partial charge in [-0.2, -0.15) is 5.26 Å². The first-order valence-corrected chi connectivity index (χ1v) is 13.9. The van der Waals surface area contributed by atoms with E-state index < -0.39 is 16.9 Å². The van der Waals surface area contributed by atoms with E-state index >= 15 is 0 Å². The van der Waals surface area contributed by atoms with Crippen LogP contribution >= 0.6 is 11.8 Å². The molecule has 0 saturated carbocycles. The molecule has 1 aromatic heterocycles. The molecule has 0 aliphatic carbocycles. The summed E-state index contributed by atoms with van der Waals surface area (Å²) < 4.78 is 17.8. The molecule has 5 nitrogen and oxygen atoms in total. The molecule has 36 heavy (non-hydrogen) atoms. The van der Waals surface area contributed by atoms with E-state index in [1.165, 1.54) is 11.8 Å². The van der Waals surface area contributed by atoms with E-state index in [0.717, 1.165) is 33.7 Å². The van der Waals surface area contributed by atoms with E-state index in [0.29, 0.717) is 16.3 Å². The molecule has 4 aromatic rings. The summed E-state index contributed by atoms with van der Waals surface area (Å²) in [4.78, 5) is 4.79. The molecule has 0 aliphatic rings. The Hall–Kier alpha value is -3.44. The highest BCUT2D eigenvalue weighted by Crippen LogP contribution is 2.34. The summed E-state index contributed by atoms with van der Waals surface area (Å²) in [5.74, 6) is 1.59. The van der Waals surface area contributed by atoms with E-state index in [1.807, 2.05) is 91.0 Å². The Balaban J connectivity index is 1.58. The predicted octanol–water partition coefficient (Wildman–Crippen LogP) is 5.70. The van der Waals surface area contributed by atoms with E-state index in [4.69, 9.17) is 9.72 Å². The highest BCUT2D eigenvalue weighted by atomic mass is 32.2. The third-order valence-electron chi connectivity index (χ3n) is 5.53. The fourth-order valence-corrected chi connectivity index (χ4v) is 6.06. The molecule has 0 saturated heterocycles. The van der Waals surface area contributed by atoms with Crippen molar-refractivity contribution in [3.8, 4) is 34.2 Å². The number of ether oxygens (including phenoxy) is 1. The molecule has 0 amide bonds. The van der Waals surface area contributed by atoms with Gasteiger partial charge in [0.15, 0.2) is 0 Å². The standard InChI is InChI=1S/C29H26N2O3S2/c1-34-25-14-12-23(13-15-25)28-16-26(22-10-6-3-7-11-22)27(17-30)29(31-28)35-18-24(32)20-36(33)19-21-8-4-2-5-9-21/h2-16,24,32H,18-20H2,1H3/t24-,36+/m0/s1. The maximum atomic E-state index is 12.6. The zero-order valence-corrected chi connectivity index (χ0v) is 21.5. The molecule has 182 valence electrons. The Bertz CT molecular complexity index is 1360. The van der Waals surface area contributed by atoms with Gasteiger partial charge in [-0.3, -0.25) is 4.21 Å². The van der Waals surface area contributed by atoms with Crippen molar-refractivity contribution >= 4 is 22.6 Å². The lowest BCUT2D eigenvalue weighted by molar-refractivity contribution is 0.224. The third-order valence-corrected chi connectivity index (χ3v) is 8.06. The number of methoxy groups -OCH3 is 1. The Kier molecular flexibility index (Phi) is 8.90. The first-order valence-electron chi connectivity index (χ1n) is 11.4. The molecular formula is C29H26N2O3S2. The molecular weight excluding hydrogens is 488 g/mol. The van der Waals surface area contributed by atoms with Crippen LogP contribution in [0.1, 0.15) is 11.1 Å². The maximum absolute atomic E-state index is 12.6. The number of hydrogen-bond donors (Lipinski definition) is 1. The van der Waals surface area contributed by atoms with Gasteiger partial charge in [-0.15, -0.1) is 11.8 Å². The molecule has 0 fully saturated rings. The Morgan fingerprint density at radius 3 is 2.31 bits per heavy atom. The summed E-state index contributed by atoms with van der Waals surface area (Å²) >= 11 is 1.31. The lowest BCUT2D eigenvalue weighted by atomic mass is 9.99. The number of nitrogens with zero attached hydrogens (tertiary/aromatic N) is 2. The second-order valence-electron chi connectivity index (χ2n) is 8.14. The van der Waals surface area contributed by atoms with Crippen molar-refractivity contribution in [2.45, 2.75) is 16.9 Å². The molecule has 2 atom stereocenters. The fourth-order valence-electron chi connectivity index (χ4n) is 3.75. The average molecular weight is 515 g/mol. The van der Waals surface area contributed by atoms with Crippen LogP contribution in [-0.2, 0) is 16.6 Å². The number of aromatic nitrogens is 1. The zero-order valence-electron chi connectivity index (χ0n) is 19.8. The van der Waals surface area contributed by atoms with Gasteiger partial charge in [0, 0.05) is 33.4 Å². The zero-order chi connectivity index (χ0) is 25.3. The summed E-state index contributed by atoms with van der Waals surface area (Å²) in [6, 6.07) is 31.2. The van der Waals surface area contributed by atoms with Crippen LogP contribution < -0.4 is 4.74 Å². The van der Waals surface area contributed by atoms with Gasteiger partial charge in [-0.05, 0) is 41.5 Å². The van der Waals surface area contributed by atoms with Gasteiger partial charge in [0.2, 0.25) is 0 Å². The molecule has 3 aromatic carbocycles. The van der Waals surface area contributed by atoms with Crippen LogP contribution in [0.2, 0.25) is 0 Å². The number of nitriles is 1. The highest BCUT2D eigenvalue weighted by Gasteiger charge is 2.18. The van der Waals surface area contributed by atoms with Crippen molar-refractivity contribution in [3.63, 3.8) is 0 Å². The number of rotatable bonds is 10. The molecule has 0 unspecified atom stereocenters. The highest BCUT2D eigenvalue weighted by molar-refractivity contribution is 7.99. The SMILES string of the molecule is COc1ccc(-c2cc(-c3ccccc3)c(C#N)c(SC[C@H](O)C[S@](=O)Cc3ccccc3)n2)cc1. The van der Waals surface area contributed by atoms with Gasteiger partial charge in [0.05, 0.1) is 30.2 Å². The summed E-state index contributed by atoms with van der Waals surface area (Å²) in [6.07, 6.45) is -0.794. The van der Waals surface area contributed by atoms with Crippen molar-refractivity contribution in [2.75, 3.05) is 18.6 Å². The van der Waals surface area contributed by atoms with Crippen LogP contribution in [0.4, 0.5) is 0 Å². The summed E-state index contributed by atoms with van der Waals surface area (Å²) in [6.45, 7) is 0. The second-order valence-corrected chi connectivity index (χ2v) is 10.7. The number of thioether (sulfide) groups is 1. The van der Waals surface area contributed by atoms with Crippen LogP contribution in [0.15, 0.2) is 96.0 Å². The molecule has 1 N–H and O–H groups in total. The van der Waals surface area contributed by atoms with Crippen LogP contribution in [-0.4, -0.2) is 39.0 Å². The van der Waals surface area contributed by atoms with Crippen molar-refractivity contribution in [1.29, 1.82) is 5.26 Å². The minimum Gasteiger partial charge on any atom is -0.497 e. The molecule has 1 heterocycles. The number of aliphatic hydroxyl groups is 1. The van der Waals surface area contributed by atoms with E-state index in [2.05, 4.69) is 6.07 Å². The number of aliphatic hydroxyl groups excluding tert-OH is 1. The minimum absolute atomic E-state index is 0.160. The molecule has 0 spiro atoms. The van der Waals surface area contributed by atoms with Gasteiger partial charge in [-0.25, -0.2) is 4.98 Å². The largest absolute Gasteiger partial charge is 0.497 e. The second kappa shape index (κ2) is 12.5. The maximum Gasteiger partial charge on any atom is 0.118 e. The van der Waals surface area contributed by atoms with E-state index in [-0.39, 0.29) is 11.5 Å². The number of benzene rings is 3. The fraction of sp³-hybridized carbons (Fsp3) is 0.172. The minimum atomic E-state index is -1.20. The summed E-state index contributed by atoms with van der Waals surface area (Å²) in [5.41, 5.74) is 4.75. The van der Waals surface area contributed by atoms with Crippen molar-refractivity contribution in [2.24, 2.45) is 0 Å². The first kappa shape index (κ1) is 25.6. The Labute approximate surface area is 218 Å². The van der Waals surface area contributed by atoms with Gasteiger partial charge in [0.1, 0.15) is 16.8 Å². The van der Waals surface area contributed by atoms with Crippen molar-refractivity contribution in [3.05, 3.63) is 102 Å². The molecule has 7 heteroatoms. The first-order chi connectivity index (χ1) is 17.6. The van der Waals surface area contributed by atoms with E-state index in [9.17, 15) is 14.6 Å². The molecule has 0 radical (unpaired) electrons. The predicted molar refractivity (Wildman–Crippen MR) is 146 cm³/mol. The number of pyridine rings is 1. The van der Waals surface area contributed by atoms with Gasteiger partial charge < -0.3 is 9.84 Å².